The topological polar surface area (TPSA) is 78.4 Å². The lowest BCUT2D eigenvalue weighted by Crippen LogP contribution is -2.43. The van der Waals surface area contributed by atoms with Crippen LogP contribution in [0.25, 0.3) is 0 Å². The van der Waals surface area contributed by atoms with Crippen molar-refractivity contribution in [3.63, 3.8) is 0 Å². The molecule has 0 heterocycles. The molecule has 0 unspecified atom stereocenters. The third-order valence-corrected chi connectivity index (χ3v) is 0.721. The monoisotopic (exact) mass is 132 g/mol. The molecule has 0 aliphatic heterocycles. The lowest BCUT2D eigenvalue weighted by Gasteiger charge is -2.09. The molecule has 0 spiro atoms. The number of hydrogen-bond acceptors (Lipinski definition) is 3. The Kier molecular flexibility index (Phi) is 4.43. The highest BCUT2D eigenvalue weighted by atomic mass is 16.3. The van der Waals surface area contributed by atoms with Crippen LogP contribution in [0.2, 0.25) is 0 Å². The van der Waals surface area contributed by atoms with Crippen LogP contribution in [0.15, 0.2) is 0 Å². The van der Waals surface area contributed by atoms with Crippen molar-refractivity contribution >= 4 is 12.8 Å². The van der Waals surface area contributed by atoms with E-state index in [-0.39, 0.29) is 6.61 Å². The zero-order valence-electron chi connectivity index (χ0n) is 4.70. The van der Waals surface area contributed by atoms with Gasteiger partial charge in [-0.25, -0.2) is 0 Å². The van der Waals surface area contributed by atoms with E-state index in [4.69, 9.17) is 5.11 Å². The summed E-state index contributed by atoms with van der Waals surface area (Å²) in [5.41, 5.74) is 0. The van der Waals surface area contributed by atoms with E-state index in [2.05, 4.69) is 10.6 Å². The van der Waals surface area contributed by atoms with Gasteiger partial charge in [0, 0.05) is 0 Å². The standard InChI is InChI=1S/C4H8N2O3/c7-1-4(5-2-8)6-3-9/h2-4,7H,1H2,(H,5,8)(H,6,9). The zero-order chi connectivity index (χ0) is 7.11. The molecular formula is C4H8N2O3. The molecule has 0 saturated carbocycles. The van der Waals surface area contributed by atoms with Crippen LogP contribution in [0.5, 0.6) is 0 Å². The fourth-order valence-corrected chi connectivity index (χ4v) is 0.318. The summed E-state index contributed by atoms with van der Waals surface area (Å²) in [5.74, 6) is 0. The maximum absolute atomic E-state index is 9.67. The largest absolute Gasteiger partial charge is 0.392 e. The average Bonchev–Trinajstić information content (AvgIpc) is 1.88. The van der Waals surface area contributed by atoms with Gasteiger partial charge in [-0.05, 0) is 0 Å². The number of aliphatic hydroxyl groups is 1. The second-order valence-electron chi connectivity index (χ2n) is 1.30. The Morgan fingerprint density at radius 3 is 2.00 bits per heavy atom. The van der Waals surface area contributed by atoms with Gasteiger partial charge in [-0.15, -0.1) is 0 Å². The van der Waals surface area contributed by atoms with Crippen LogP contribution in [-0.4, -0.2) is 30.7 Å². The molecule has 9 heavy (non-hydrogen) atoms. The SMILES string of the molecule is O=CNC(CO)NC=O. The van der Waals surface area contributed by atoms with E-state index < -0.39 is 6.17 Å². The van der Waals surface area contributed by atoms with E-state index in [9.17, 15) is 9.59 Å². The molecule has 5 nitrogen and oxygen atoms in total. The fourth-order valence-electron chi connectivity index (χ4n) is 0.318. The molecule has 5 heteroatoms. The van der Waals surface area contributed by atoms with Gasteiger partial charge < -0.3 is 15.7 Å². The van der Waals surface area contributed by atoms with Crippen molar-refractivity contribution in [2.45, 2.75) is 6.17 Å². The summed E-state index contributed by atoms with van der Waals surface area (Å²) in [6, 6.07) is 0. The molecule has 0 atom stereocenters. The molecule has 0 aliphatic carbocycles. The number of aliphatic hydroxyl groups excluding tert-OH is 1. The Hall–Kier alpha value is -1.10. The predicted octanol–water partition coefficient (Wildman–Crippen LogP) is -2.20. The first-order valence-electron chi connectivity index (χ1n) is 2.35. The van der Waals surface area contributed by atoms with Crippen LogP contribution < -0.4 is 10.6 Å². The van der Waals surface area contributed by atoms with Gasteiger partial charge in [0.25, 0.3) is 0 Å². The first kappa shape index (κ1) is 7.90. The Morgan fingerprint density at radius 2 is 1.78 bits per heavy atom. The molecule has 52 valence electrons. The second kappa shape index (κ2) is 5.04. The van der Waals surface area contributed by atoms with Crippen molar-refractivity contribution in [2.75, 3.05) is 6.61 Å². The van der Waals surface area contributed by atoms with Crippen LogP contribution in [0, 0.1) is 0 Å². The first-order valence-corrected chi connectivity index (χ1v) is 2.35. The van der Waals surface area contributed by atoms with Gasteiger partial charge in [-0.1, -0.05) is 0 Å². The van der Waals surface area contributed by atoms with E-state index in [1.807, 2.05) is 0 Å². The minimum atomic E-state index is -0.667. The molecule has 0 saturated heterocycles. The van der Waals surface area contributed by atoms with Crippen LogP contribution in [-0.2, 0) is 9.59 Å². The molecule has 0 aromatic heterocycles. The van der Waals surface area contributed by atoms with Gasteiger partial charge in [-0.2, -0.15) is 0 Å². The van der Waals surface area contributed by atoms with Crippen molar-refractivity contribution < 1.29 is 14.7 Å². The highest BCUT2D eigenvalue weighted by molar-refractivity contribution is 5.50. The molecule has 0 aromatic carbocycles. The van der Waals surface area contributed by atoms with Crippen LogP contribution in [0.4, 0.5) is 0 Å². The normalized spacial score (nSPS) is 8.67. The molecule has 0 radical (unpaired) electrons. The third kappa shape index (κ3) is 3.48. The Bertz CT molecular complexity index is 85.8. The Morgan fingerprint density at radius 1 is 1.33 bits per heavy atom. The summed E-state index contributed by atoms with van der Waals surface area (Å²) >= 11 is 0. The highest BCUT2D eigenvalue weighted by Crippen LogP contribution is 1.67. The molecule has 0 rings (SSSR count). The van der Waals surface area contributed by atoms with Crippen molar-refractivity contribution in [3.05, 3.63) is 0 Å². The van der Waals surface area contributed by atoms with Crippen LogP contribution in [0.1, 0.15) is 0 Å². The number of nitrogens with one attached hydrogen (secondary N) is 2. The van der Waals surface area contributed by atoms with E-state index in [1.165, 1.54) is 0 Å². The van der Waals surface area contributed by atoms with Gasteiger partial charge in [-0.3, -0.25) is 9.59 Å². The van der Waals surface area contributed by atoms with E-state index in [1.54, 1.807) is 0 Å². The maximum Gasteiger partial charge on any atom is 0.208 e. The smallest absolute Gasteiger partial charge is 0.208 e. The summed E-state index contributed by atoms with van der Waals surface area (Å²) in [5, 5.41) is 12.7. The van der Waals surface area contributed by atoms with Gasteiger partial charge in [0.15, 0.2) is 0 Å². The number of rotatable bonds is 5. The van der Waals surface area contributed by atoms with Gasteiger partial charge in [0.05, 0.1) is 6.61 Å². The first-order chi connectivity index (χ1) is 4.35. The summed E-state index contributed by atoms with van der Waals surface area (Å²) in [7, 11) is 0. The maximum atomic E-state index is 9.67. The summed E-state index contributed by atoms with van der Waals surface area (Å²) in [4.78, 5) is 19.3. The van der Waals surface area contributed by atoms with Crippen molar-refractivity contribution in [2.24, 2.45) is 0 Å². The molecular weight excluding hydrogens is 124 g/mol. The number of carbonyl (C=O) groups excluding carboxylic acids is 2. The molecule has 0 bridgehead atoms. The minimum Gasteiger partial charge on any atom is -0.392 e. The van der Waals surface area contributed by atoms with Crippen molar-refractivity contribution in [1.82, 2.24) is 10.6 Å². The summed E-state index contributed by atoms with van der Waals surface area (Å²) in [6.07, 6.45) is 0.134. The van der Waals surface area contributed by atoms with E-state index in [0.717, 1.165) is 0 Å². The summed E-state index contributed by atoms with van der Waals surface area (Å²) < 4.78 is 0. The fraction of sp³-hybridized carbons (Fsp3) is 0.500. The van der Waals surface area contributed by atoms with E-state index >= 15 is 0 Å². The molecule has 3 N–H and O–H groups in total. The van der Waals surface area contributed by atoms with Gasteiger partial charge in [0.1, 0.15) is 6.17 Å². The van der Waals surface area contributed by atoms with Gasteiger partial charge in [0.2, 0.25) is 12.8 Å². The molecule has 0 aromatic rings. The number of carbonyl (C=O) groups is 2. The quantitative estimate of drug-likeness (QED) is 0.293. The predicted molar refractivity (Wildman–Crippen MR) is 29.3 cm³/mol. The Labute approximate surface area is 52.1 Å². The van der Waals surface area contributed by atoms with Crippen molar-refractivity contribution in [3.8, 4) is 0 Å². The van der Waals surface area contributed by atoms with Crippen molar-refractivity contribution in [1.29, 1.82) is 0 Å². The molecule has 0 fully saturated rings. The lowest BCUT2D eigenvalue weighted by atomic mass is 10.5. The number of amides is 2. The third-order valence-electron chi connectivity index (χ3n) is 0.721. The Balaban J connectivity index is 3.39. The average molecular weight is 132 g/mol. The van der Waals surface area contributed by atoms with E-state index in [0.29, 0.717) is 12.8 Å². The van der Waals surface area contributed by atoms with Crippen LogP contribution in [0.3, 0.4) is 0 Å². The second-order valence-corrected chi connectivity index (χ2v) is 1.30. The molecule has 0 aliphatic rings. The lowest BCUT2D eigenvalue weighted by molar-refractivity contribution is -0.112. The number of hydrogen-bond donors (Lipinski definition) is 3. The minimum absolute atomic E-state index is 0.308. The highest BCUT2D eigenvalue weighted by Gasteiger charge is 1.99. The van der Waals surface area contributed by atoms with Crippen LogP contribution >= 0.6 is 0 Å². The van der Waals surface area contributed by atoms with Gasteiger partial charge >= 0.3 is 0 Å². The molecule has 2 amide bonds. The summed E-state index contributed by atoms with van der Waals surface area (Å²) in [6.45, 7) is -0.308. The zero-order valence-corrected chi connectivity index (χ0v) is 4.70.